The zero-order valence-corrected chi connectivity index (χ0v) is 13.6. The van der Waals surface area contributed by atoms with Gasteiger partial charge in [-0.3, -0.25) is 9.59 Å². The third-order valence-electron chi connectivity index (χ3n) is 3.75. The van der Waals surface area contributed by atoms with Crippen molar-refractivity contribution in [1.82, 2.24) is 0 Å². The highest BCUT2D eigenvalue weighted by molar-refractivity contribution is 5.99. The van der Waals surface area contributed by atoms with Gasteiger partial charge in [-0.15, -0.1) is 0 Å². The number of ether oxygens (including phenoxy) is 1. The van der Waals surface area contributed by atoms with Crippen LogP contribution in [0.4, 0.5) is 0 Å². The number of rotatable bonds is 6. The van der Waals surface area contributed by atoms with Gasteiger partial charge < -0.3 is 14.3 Å². The Labute approximate surface area is 144 Å². The van der Waals surface area contributed by atoms with Crippen LogP contribution < -0.4 is 4.74 Å². The van der Waals surface area contributed by atoms with E-state index in [0.29, 0.717) is 12.0 Å². The van der Waals surface area contributed by atoms with Gasteiger partial charge in [0.05, 0.1) is 5.56 Å². The van der Waals surface area contributed by atoms with Crippen molar-refractivity contribution in [2.24, 2.45) is 0 Å². The molecule has 2 aromatic carbocycles. The van der Waals surface area contributed by atoms with Crippen molar-refractivity contribution in [3.8, 4) is 22.8 Å². The zero-order chi connectivity index (χ0) is 17.8. The number of carbonyl (C=O) groups excluding carboxylic acids is 2. The van der Waals surface area contributed by atoms with Crippen LogP contribution in [0.15, 0.2) is 59.0 Å². The molecule has 0 amide bonds. The summed E-state index contributed by atoms with van der Waals surface area (Å²) in [6, 6.07) is 15.7. The van der Waals surface area contributed by atoms with Gasteiger partial charge in [-0.2, -0.15) is 0 Å². The second-order valence-electron chi connectivity index (χ2n) is 5.49. The van der Waals surface area contributed by atoms with E-state index in [1.54, 1.807) is 12.1 Å². The third-order valence-corrected chi connectivity index (χ3v) is 3.75. The number of aromatic hydroxyl groups is 1. The van der Waals surface area contributed by atoms with E-state index in [1.807, 2.05) is 30.3 Å². The van der Waals surface area contributed by atoms with Crippen LogP contribution in [0.3, 0.4) is 0 Å². The first-order valence-corrected chi connectivity index (χ1v) is 7.69. The molecule has 3 aromatic rings. The lowest BCUT2D eigenvalue weighted by atomic mass is 10.0. The first-order chi connectivity index (χ1) is 12.1. The topological polar surface area (TPSA) is 76.7 Å². The number of ketones is 1. The predicted molar refractivity (Wildman–Crippen MR) is 92.0 cm³/mol. The van der Waals surface area contributed by atoms with Gasteiger partial charge >= 0.3 is 0 Å². The van der Waals surface area contributed by atoms with E-state index in [4.69, 9.17) is 9.15 Å². The highest BCUT2D eigenvalue weighted by Gasteiger charge is 2.21. The van der Waals surface area contributed by atoms with Crippen LogP contribution in [0.25, 0.3) is 11.3 Å². The van der Waals surface area contributed by atoms with Crippen LogP contribution in [0.5, 0.6) is 11.5 Å². The Morgan fingerprint density at radius 3 is 2.52 bits per heavy atom. The summed E-state index contributed by atoms with van der Waals surface area (Å²) in [4.78, 5) is 22.6. The minimum absolute atomic E-state index is 0.122. The number of phenolic OH excluding ortho intramolecular Hbond substituents is 1. The summed E-state index contributed by atoms with van der Waals surface area (Å²) >= 11 is 0. The molecular formula is C20H16O5. The van der Waals surface area contributed by atoms with Gasteiger partial charge in [0.2, 0.25) is 0 Å². The van der Waals surface area contributed by atoms with Crippen LogP contribution in [0.1, 0.15) is 33.4 Å². The molecule has 1 aromatic heterocycles. The molecule has 5 nitrogen and oxygen atoms in total. The minimum Gasteiger partial charge on any atom is -0.506 e. The minimum atomic E-state index is -0.282. The van der Waals surface area contributed by atoms with E-state index in [2.05, 4.69) is 0 Å². The summed E-state index contributed by atoms with van der Waals surface area (Å²) in [5.41, 5.74) is 1.36. The number of hydrogen-bond acceptors (Lipinski definition) is 5. The molecule has 0 radical (unpaired) electrons. The van der Waals surface area contributed by atoms with Crippen molar-refractivity contribution in [3.05, 3.63) is 71.5 Å². The van der Waals surface area contributed by atoms with Gasteiger partial charge in [-0.1, -0.05) is 30.3 Å². The highest BCUT2D eigenvalue weighted by atomic mass is 16.5. The first-order valence-electron chi connectivity index (χ1n) is 7.69. The SMILES string of the molecule is CC(=O)c1ccc(OCc2ccccc2)c(-c2ccc(C=O)o2)c1O. The van der Waals surface area contributed by atoms with Crippen molar-refractivity contribution in [2.45, 2.75) is 13.5 Å². The van der Waals surface area contributed by atoms with E-state index < -0.39 is 0 Å². The maximum Gasteiger partial charge on any atom is 0.185 e. The molecule has 0 aliphatic carbocycles. The van der Waals surface area contributed by atoms with E-state index in [1.165, 1.54) is 19.1 Å². The van der Waals surface area contributed by atoms with Crippen LogP contribution in [-0.4, -0.2) is 17.2 Å². The van der Waals surface area contributed by atoms with Crippen molar-refractivity contribution >= 4 is 12.1 Å². The normalized spacial score (nSPS) is 10.4. The maximum atomic E-state index is 11.7. The molecule has 3 rings (SSSR count). The summed E-state index contributed by atoms with van der Waals surface area (Å²) < 4.78 is 11.2. The van der Waals surface area contributed by atoms with Gasteiger partial charge in [-0.05, 0) is 36.8 Å². The Morgan fingerprint density at radius 1 is 1.12 bits per heavy atom. The van der Waals surface area contributed by atoms with Crippen molar-refractivity contribution in [2.75, 3.05) is 0 Å². The summed E-state index contributed by atoms with van der Waals surface area (Å²) in [5, 5.41) is 10.5. The average Bonchev–Trinajstić information content (AvgIpc) is 3.09. The lowest BCUT2D eigenvalue weighted by Gasteiger charge is -2.13. The second kappa shape index (κ2) is 7.05. The summed E-state index contributed by atoms with van der Waals surface area (Å²) in [6.45, 7) is 1.65. The van der Waals surface area contributed by atoms with Gasteiger partial charge in [0.25, 0.3) is 0 Å². The van der Waals surface area contributed by atoms with E-state index in [-0.39, 0.29) is 40.8 Å². The lowest BCUT2D eigenvalue weighted by molar-refractivity contribution is 0.101. The van der Waals surface area contributed by atoms with Crippen LogP contribution in [-0.2, 0) is 6.61 Å². The summed E-state index contributed by atoms with van der Waals surface area (Å²) in [6.07, 6.45) is 0.569. The molecule has 0 aliphatic rings. The summed E-state index contributed by atoms with van der Waals surface area (Å²) in [5.74, 6) is 0.223. The molecule has 1 N–H and O–H groups in total. The van der Waals surface area contributed by atoms with E-state index in [0.717, 1.165) is 5.56 Å². The number of benzene rings is 2. The van der Waals surface area contributed by atoms with Gasteiger partial charge in [0, 0.05) is 0 Å². The van der Waals surface area contributed by atoms with Gasteiger partial charge in [-0.25, -0.2) is 0 Å². The fraction of sp³-hybridized carbons (Fsp3) is 0.100. The molecule has 0 unspecified atom stereocenters. The molecular weight excluding hydrogens is 320 g/mol. The molecule has 5 heteroatoms. The van der Waals surface area contributed by atoms with Crippen LogP contribution >= 0.6 is 0 Å². The molecule has 0 saturated heterocycles. The molecule has 0 aliphatic heterocycles. The van der Waals surface area contributed by atoms with Crippen molar-refractivity contribution < 1.29 is 23.8 Å². The number of aldehydes is 1. The molecule has 25 heavy (non-hydrogen) atoms. The zero-order valence-electron chi connectivity index (χ0n) is 13.6. The maximum absolute atomic E-state index is 11.7. The van der Waals surface area contributed by atoms with E-state index in [9.17, 15) is 14.7 Å². The molecule has 0 atom stereocenters. The monoisotopic (exact) mass is 336 g/mol. The highest BCUT2D eigenvalue weighted by Crippen LogP contribution is 2.41. The van der Waals surface area contributed by atoms with Gasteiger partial charge in [0.15, 0.2) is 17.8 Å². The van der Waals surface area contributed by atoms with Gasteiger partial charge in [0.1, 0.15) is 29.4 Å². The van der Waals surface area contributed by atoms with E-state index >= 15 is 0 Å². The largest absolute Gasteiger partial charge is 0.506 e. The summed E-state index contributed by atoms with van der Waals surface area (Å²) in [7, 11) is 0. The molecule has 0 fully saturated rings. The van der Waals surface area contributed by atoms with Crippen LogP contribution in [0.2, 0.25) is 0 Å². The number of furan rings is 1. The lowest BCUT2D eigenvalue weighted by Crippen LogP contribution is -2.00. The number of hydrogen-bond donors (Lipinski definition) is 1. The standard InChI is InChI=1S/C20H16O5/c1-13(22)16-8-10-17(24-12-14-5-3-2-4-6-14)19(20(16)23)18-9-7-15(11-21)25-18/h2-11,23H,12H2,1H3. The Hall–Kier alpha value is -3.34. The Morgan fingerprint density at radius 2 is 1.88 bits per heavy atom. The molecule has 0 saturated carbocycles. The first kappa shape index (κ1) is 16.5. The Balaban J connectivity index is 2.03. The molecule has 1 heterocycles. The fourth-order valence-electron chi connectivity index (χ4n) is 2.50. The number of carbonyl (C=O) groups is 2. The Bertz CT molecular complexity index is 909. The quantitative estimate of drug-likeness (QED) is 0.538. The average molecular weight is 336 g/mol. The Kier molecular flexibility index (Phi) is 4.66. The predicted octanol–water partition coefficient (Wildman–Crippen LogP) is 4.25. The third kappa shape index (κ3) is 3.45. The smallest absolute Gasteiger partial charge is 0.185 e. The van der Waals surface area contributed by atoms with Crippen LogP contribution in [0, 0.1) is 0 Å². The number of phenols is 1. The number of Topliss-reactive ketones (excluding diaryl/α,β-unsaturated/α-hetero) is 1. The van der Waals surface area contributed by atoms with Crippen molar-refractivity contribution in [1.29, 1.82) is 0 Å². The molecule has 0 bridgehead atoms. The molecule has 126 valence electrons. The fourth-order valence-corrected chi connectivity index (χ4v) is 2.50. The van der Waals surface area contributed by atoms with Crippen molar-refractivity contribution in [3.63, 3.8) is 0 Å². The molecule has 0 spiro atoms. The second-order valence-corrected chi connectivity index (χ2v) is 5.49.